The van der Waals surface area contributed by atoms with Gasteiger partial charge in [-0.25, -0.2) is 8.42 Å². The Balaban J connectivity index is 1.55. The Morgan fingerprint density at radius 3 is 2.42 bits per heavy atom. The highest BCUT2D eigenvalue weighted by Crippen LogP contribution is 2.22. The summed E-state index contributed by atoms with van der Waals surface area (Å²) < 4.78 is 31.4. The molecule has 0 saturated carbocycles. The molecule has 1 aliphatic heterocycles. The first-order chi connectivity index (χ1) is 12.5. The maximum Gasteiger partial charge on any atom is 0.306 e. The van der Waals surface area contributed by atoms with Crippen molar-refractivity contribution in [3.8, 4) is 0 Å². The number of hydrogen-bond acceptors (Lipinski definition) is 5. The number of rotatable bonds is 7. The summed E-state index contributed by atoms with van der Waals surface area (Å²) in [4.78, 5) is 24.1. The van der Waals surface area contributed by atoms with E-state index in [1.165, 1.54) is 28.6 Å². The normalized spacial score (nSPS) is 20.4. The highest BCUT2D eigenvalue weighted by Gasteiger charge is 2.27. The van der Waals surface area contributed by atoms with Gasteiger partial charge in [-0.15, -0.1) is 0 Å². The molecule has 1 fully saturated rings. The monoisotopic (exact) mass is 377 g/mol. The number of esters is 1. The molecule has 7 heteroatoms. The molecule has 0 spiro atoms. The van der Waals surface area contributed by atoms with Gasteiger partial charge in [0.25, 0.3) is 0 Å². The van der Waals surface area contributed by atoms with Gasteiger partial charge in [-0.1, -0.05) is 12.2 Å². The lowest BCUT2D eigenvalue weighted by molar-refractivity contribution is -0.143. The van der Waals surface area contributed by atoms with E-state index in [0.29, 0.717) is 18.7 Å². The van der Waals surface area contributed by atoms with E-state index in [-0.39, 0.29) is 35.6 Å². The average Bonchev–Trinajstić information content (AvgIpc) is 3.34. The third-order valence-corrected chi connectivity index (χ3v) is 6.70. The lowest BCUT2D eigenvalue weighted by Gasteiger charge is -2.15. The van der Waals surface area contributed by atoms with E-state index in [0.717, 1.165) is 25.7 Å². The zero-order valence-electron chi connectivity index (χ0n) is 14.6. The molecule has 3 rings (SSSR count). The first kappa shape index (κ1) is 18.8. The molecule has 0 unspecified atom stereocenters. The second-order valence-electron chi connectivity index (χ2n) is 6.69. The SMILES string of the molecule is O=C(C[C@H]1C=CCC1)OCC(=O)c1ccc(S(=O)(=O)N2CCCC2)cc1. The highest BCUT2D eigenvalue weighted by molar-refractivity contribution is 7.89. The van der Waals surface area contributed by atoms with E-state index in [4.69, 9.17) is 4.74 Å². The minimum absolute atomic E-state index is 0.181. The molecular weight excluding hydrogens is 354 g/mol. The van der Waals surface area contributed by atoms with E-state index in [1.807, 2.05) is 12.2 Å². The third-order valence-electron chi connectivity index (χ3n) is 4.78. The van der Waals surface area contributed by atoms with Crippen molar-refractivity contribution in [2.24, 2.45) is 5.92 Å². The lowest BCUT2D eigenvalue weighted by atomic mass is 10.1. The Hall–Kier alpha value is -1.99. The zero-order chi connectivity index (χ0) is 18.6. The lowest BCUT2D eigenvalue weighted by Crippen LogP contribution is -2.27. The van der Waals surface area contributed by atoms with Crippen LogP contribution in [0.2, 0.25) is 0 Å². The topological polar surface area (TPSA) is 80.8 Å². The Morgan fingerprint density at radius 2 is 1.81 bits per heavy atom. The number of hydrogen-bond donors (Lipinski definition) is 0. The van der Waals surface area contributed by atoms with Crippen LogP contribution in [0.15, 0.2) is 41.3 Å². The number of benzene rings is 1. The zero-order valence-corrected chi connectivity index (χ0v) is 15.4. The van der Waals surface area contributed by atoms with Gasteiger partial charge in [0, 0.05) is 18.7 Å². The molecule has 0 radical (unpaired) electrons. The molecule has 140 valence electrons. The van der Waals surface area contributed by atoms with Crippen LogP contribution >= 0.6 is 0 Å². The van der Waals surface area contributed by atoms with E-state index in [9.17, 15) is 18.0 Å². The number of ether oxygens (including phenoxy) is 1. The molecule has 26 heavy (non-hydrogen) atoms. The second-order valence-corrected chi connectivity index (χ2v) is 8.63. The van der Waals surface area contributed by atoms with E-state index >= 15 is 0 Å². The molecule has 0 bridgehead atoms. The average molecular weight is 377 g/mol. The number of Topliss-reactive ketones (excluding diaryl/α,β-unsaturated/α-hetero) is 1. The molecule has 1 atom stereocenters. The smallest absolute Gasteiger partial charge is 0.306 e. The van der Waals surface area contributed by atoms with Crippen LogP contribution in [-0.2, 0) is 19.6 Å². The minimum atomic E-state index is -3.49. The van der Waals surface area contributed by atoms with Crippen molar-refractivity contribution < 1.29 is 22.7 Å². The van der Waals surface area contributed by atoms with Crippen molar-refractivity contribution >= 4 is 21.8 Å². The molecule has 1 heterocycles. The summed E-state index contributed by atoms with van der Waals surface area (Å²) >= 11 is 0. The van der Waals surface area contributed by atoms with Crippen LogP contribution in [0.3, 0.4) is 0 Å². The van der Waals surface area contributed by atoms with Crippen LogP contribution in [0.5, 0.6) is 0 Å². The summed E-state index contributed by atoms with van der Waals surface area (Å²) in [6.07, 6.45) is 8.00. The number of carbonyl (C=O) groups excluding carboxylic acids is 2. The maximum atomic E-state index is 12.5. The summed E-state index contributed by atoms with van der Waals surface area (Å²) in [5.74, 6) is -0.527. The molecule has 2 aliphatic rings. The molecular formula is C19H23NO5S. The molecule has 0 aromatic heterocycles. The van der Waals surface area contributed by atoms with Crippen LogP contribution in [-0.4, -0.2) is 44.2 Å². The number of sulfonamides is 1. The predicted octanol–water partition coefficient (Wildman–Crippen LogP) is 2.55. The van der Waals surface area contributed by atoms with E-state index in [1.54, 1.807) is 0 Å². The maximum absolute atomic E-state index is 12.5. The van der Waals surface area contributed by atoms with Crippen molar-refractivity contribution in [2.75, 3.05) is 19.7 Å². The highest BCUT2D eigenvalue weighted by atomic mass is 32.2. The van der Waals surface area contributed by atoms with Crippen molar-refractivity contribution in [1.29, 1.82) is 0 Å². The molecule has 1 aromatic carbocycles. The van der Waals surface area contributed by atoms with Crippen LogP contribution in [0, 0.1) is 5.92 Å². The van der Waals surface area contributed by atoms with Gasteiger partial charge in [-0.2, -0.15) is 4.31 Å². The molecule has 1 saturated heterocycles. The fourth-order valence-corrected chi connectivity index (χ4v) is 4.78. The largest absolute Gasteiger partial charge is 0.457 e. The second kappa shape index (κ2) is 8.14. The van der Waals surface area contributed by atoms with E-state index < -0.39 is 10.0 Å². The number of nitrogens with zero attached hydrogens (tertiary/aromatic N) is 1. The van der Waals surface area contributed by atoms with Crippen molar-refractivity contribution in [2.45, 2.75) is 37.0 Å². The summed E-state index contributed by atoms with van der Waals surface area (Å²) in [5, 5.41) is 0. The number of allylic oxidation sites excluding steroid dienone is 2. The Bertz CT molecular complexity index is 792. The first-order valence-corrected chi connectivity index (χ1v) is 10.4. The van der Waals surface area contributed by atoms with Gasteiger partial charge >= 0.3 is 5.97 Å². The Labute approximate surface area is 153 Å². The van der Waals surface area contributed by atoms with Crippen LogP contribution in [0.4, 0.5) is 0 Å². The standard InChI is InChI=1S/C19H23NO5S/c21-18(14-25-19(22)13-15-5-1-2-6-15)16-7-9-17(10-8-16)26(23,24)20-11-3-4-12-20/h1,5,7-10,15H,2-4,6,11-14H2/t15-/m0/s1. The summed E-state index contributed by atoms with van der Waals surface area (Å²) in [6, 6.07) is 5.82. The first-order valence-electron chi connectivity index (χ1n) is 8.92. The van der Waals surface area contributed by atoms with Gasteiger partial charge in [0.15, 0.2) is 12.4 Å². The summed E-state index contributed by atoms with van der Waals surface area (Å²) in [7, 11) is -3.49. The Kier molecular flexibility index (Phi) is 5.88. The molecule has 1 aliphatic carbocycles. The van der Waals surface area contributed by atoms with Crippen molar-refractivity contribution in [3.05, 3.63) is 42.0 Å². The van der Waals surface area contributed by atoms with Crippen molar-refractivity contribution in [3.63, 3.8) is 0 Å². The van der Waals surface area contributed by atoms with Crippen molar-refractivity contribution in [1.82, 2.24) is 4.31 Å². The molecule has 0 N–H and O–H groups in total. The fraction of sp³-hybridized carbons (Fsp3) is 0.474. The predicted molar refractivity (Wildman–Crippen MR) is 96.2 cm³/mol. The molecule has 0 amide bonds. The van der Waals surface area contributed by atoms with Gasteiger partial charge in [-0.3, -0.25) is 9.59 Å². The minimum Gasteiger partial charge on any atom is -0.457 e. The summed E-state index contributed by atoms with van der Waals surface area (Å²) in [6.45, 7) is 0.748. The Morgan fingerprint density at radius 1 is 1.12 bits per heavy atom. The van der Waals surface area contributed by atoms with E-state index in [2.05, 4.69) is 0 Å². The number of ketones is 1. The number of carbonyl (C=O) groups is 2. The summed E-state index contributed by atoms with van der Waals surface area (Å²) in [5.41, 5.74) is 0.332. The van der Waals surface area contributed by atoms with Gasteiger partial charge < -0.3 is 4.74 Å². The van der Waals surface area contributed by atoms with Gasteiger partial charge in [0.1, 0.15) is 0 Å². The quantitative estimate of drug-likeness (QED) is 0.414. The molecule has 1 aromatic rings. The van der Waals surface area contributed by atoms with Crippen LogP contribution < -0.4 is 0 Å². The van der Waals surface area contributed by atoms with Gasteiger partial charge in [0.2, 0.25) is 10.0 Å². The van der Waals surface area contributed by atoms with Crippen LogP contribution in [0.25, 0.3) is 0 Å². The molecule has 6 nitrogen and oxygen atoms in total. The van der Waals surface area contributed by atoms with Crippen LogP contribution in [0.1, 0.15) is 42.5 Å². The third kappa shape index (κ3) is 4.40. The van der Waals surface area contributed by atoms with Gasteiger partial charge in [-0.05, 0) is 55.9 Å². The fourth-order valence-electron chi connectivity index (χ4n) is 3.26. The van der Waals surface area contributed by atoms with Gasteiger partial charge in [0.05, 0.1) is 11.3 Å².